The van der Waals surface area contributed by atoms with Crippen molar-refractivity contribution >= 4 is 5.97 Å². The second kappa shape index (κ2) is 16.2. The molecule has 0 aliphatic carbocycles. The Balaban J connectivity index is -0.0000000910. The first-order valence-electron chi connectivity index (χ1n) is 2.99. The molecule has 0 fully saturated rings. The van der Waals surface area contributed by atoms with Crippen molar-refractivity contribution in [2.75, 3.05) is 0 Å². The molecule has 0 heterocycles. The predicted octanol–water partition coefficient (Wildman–Crippen LogP) is 1.91. The van der Waals surface area contributed by atoms with Gasteiger partial charge in [0.2, 0.25) is 0 Å². The Morgan fingerprint density at radius 2 is 1.90 bits per heavy atom. The molecular formula is C7H14O2Y-2. The third-order valence-corrected chi connectivity index (χ3v) is 0.604. The largest absolute Gasteiger partial charge is 0.503 e. The fourth-order valence-electron chi connectivity index (χ4n) is 0.250. The van der Waals surface area contributed by atoms with Crippen molar-refractivity contribution in [3.8, 4) is 0 Å². The predicted molar refractivity (Wildman–Crippen MR) is 37.9 cm³/mol. The monoisotopic (exact) mass is 219 g/mol. The van der Waals surface area contributed by atoms with Gasteiger partial charge in [0.1, 0.15) is 0 Å². The Morgan fingerprint density at radius 1 is 1.60 bits per heavy atom. The number of rotatable bonds is 2. The molecule has 3 heteroatoms. The number of unbranched alkanes of at least 4 members (excludes halogenated alkanes) is 2. The van der Waals surface area contributed by atoms with E-state index in [2.05, 4.69) is 20.8 Å². The van der Waals surface area contributed by atoms with Crippen LogP contribution in [0.4, 0.5) is 0 Å². The van der Waals surface area contributed by atoms with E-state index in [-0.39, 0.29) is 32.7 Å². The van der Waals surface area contributed by atoms with Gasteiger partial charge in [-0.15, -0.1) is 0 Å². The van der Waals surface area contributed by atoms with Gasteiger partial charge in [0.25, 0.3) is 0 Å². The average Bonchev–Trinajstić information content (AvgIpc) is 1.66. The van der Waals surface area contributed by atoms with Crippen LogP contribution in [0, 0.1) is 13.8 Å². The van der Waals surface area contributed by atoms with Gasteiger partial charge in [-0.2, -0.15) is 6.42 Å². The van der Waals surface area contributed by atoms with E-state index in [1.54, 1.807) is 0 Å². The first kappa shape index (κ1) is 16.8. The van der Waals surface area contributed by atoms with Crippen LogP contribution in [-0.2, 0) is 37.5 Å². The third kappa shape index (κ3) is 78.3. The molecule has 1 N–H and O–H groups in total. The van der Waals surface area contributed by atoms with Gasteiger partial charge in [0.05, 0.1) is 0 Å². The van der Waals surface area contributed by atoms with Gasteiger partial charge in [-0.25, -0.2) is 0 Å². The summed E-state index contributed by atoms with van der Waals surface area (Å²) in [6.07, 6.45) is 3.65. The molecule has 0 unspecified atom stereocenters. The van der Waals surface area contributed by atoms with Gasteiger partial charge >= 0.3 is 0 Å². The van der Waals surface area contributed by atoms with Gasteiger partial charge in [-0.05, 0) is 0 Å². The molecule has 2 nitrogen and oxygen atoms in total. The van der Waals surface area contributed by atoms with Gasteiger partial charge in [0.15, 0.2) is 5.97 Å². The maximum atomic E-state index is 8.89. The minimum absolute atomic E-state index is 0. The molecule has 0 saturated heterocycles. The normalized spacial score (nSPS) is 6.60. The van der Waals surface area contributed by atoms with Crippen molar-refractivity contribution in [3.63, 3.8) is 0 Å². The van der Waals surface area contributed by atoms with Crippen LogP contribution in [0.2, 0.25) is 0 Å². The summed E-state index contributed by atoms with van der Waals surface area (Å²) in [6, 6.07) is 0. The summed E-state index contributed by atoms with van der Waals surface area (Å²) >= 11 is 0. The zero-order valence-electron chi connectivity index (χ0n) is 6.47. The Bertz CT molecular complexity index is 58.6. The number of carboxylic acids is 1. The Morgan fingerprint density at radius 3 is 1.90 bits per heavy atom. The molecule has 0 aliphatic rings. The standard InChI is InChI=1S/C5H11.C2H3O2.Y/c1-3-5-4-2;1-2(3)4;/h1,3-5H2,2H3;1H2,(H,3,4);/q2*-1;. The zero-order chi connectivity index (χ0) is 7.70. The summed E-state index contributed by atoms with van der Waals surface area (Å²) in [4.78, 5) is 8.89. The van der Waals surface area contributed by atoms with Crippen LogP contribution in [0.1, 0.15) is 26.2 Å². The molecule has 0 rings (SSSR count). The SMILES string of the molecule is [CH2-]C(=O)O.[CH2-]CCCC.[Y]. The first-order chi connectivity index (χ1) is 4.15. The Kier molecular flexibility index (Phi) is 27.3. The molecular weight excluding hydrogens is 205 g/mol. The molecule has 10 heavy (non-hydrogen) atoms. The van der Waals surface area contributed by atoms with Crippen LogP contribution >= 0.6 is 0 Å². The second-order valence-electron chi connectivity index (χ2n) is 1.60. The van der Waals surface area contributed by atoms with E-state index in [0.717, 1.165) is 6.42 Å². The summed E-state index contributed by atoms with van der Waals surface area (Å²) in [6.45, 7) is 8.40. The van der Waals surface area contributed by atoms with Crippen LogP contribution in [-0.4, -0.2) is 11.1 Å². The minimum Gasteiger partial charge on any atom is -0.503 e. The van der Waals surface area contributed by atoms with Crippen LogP contribution in [0.5, 0.6) is 0 Å². The number of aliphatic carboxylic acids is 1. The molecule has 1 radical (unpaired) electrons. The summed E-state index contributed by atoms with van der Waals surface area (Å²) in [5.41, 5.74) is 0. The maximum Gasteiger partial charge on any atom is 0.161 e. The molecule has 0 atom stereocenters. The maximum absolute atomic E-state index is 8.89. The fourth-order valence-corrected chi connectivity index (χ4v) is 0.250. The number of carbonyl (C=O) groups is 1. The third-order valence-electron chi connectivity index (χ3n) is 0.604. The number of hydrogen-bond donors (Lipinski definition) is 1. The van der Waals surface area contributed by atoms with E-state index in [4.69, 9.17) is 9.90 Å². The molecule has 0 aromatic carbocycles. The topological polar surface area (TPSA) is 37.3 Å². The summed E-state index contributed by atoms with van der Waals surface area (Å²) in [5, 5.41) is 7.31. The van der Waals surface area contributed by atoms with E-state index in [1.807, 2.05) is 0 Å². The van der Waals surface area contributed by atoms with Crippen LogP contribution in [0.15, 0.2) is 0 Å². The van der Waals surface area contributed by atoms with Crippen LogP contribution in [0.3, 0.4) is 0 Å². The molecule has 0 aromatic rings. The van der Waals surface area contributed by atoms with Crippen molar-refractivity contribution in [2.24, 2.45) is 0 Å². The number of hydrogen-bond acceptors (Lipinski definition) is 1. The molecule has 0 spiro atoms. The molecule has 0 amide bonds. The van der Waals surface area contributed by atoms with Gasteiger partial charge in [-0.3, -0.25) is 11.7 Å². The van der Waals surface area contributed by atoms with Crippen LogP contribution in [0.25, 0.3) is 0 Å². The van der Waals surface area contributed by atoms with Gasteiger partial charge < -0.3 is 12.0 Å². The Labute approximate surface area is 88.3 Å². The van der Waals surface area contributed by atoms with E-state index in [1.165, 1.54) is 12.8 Å². The molecule has 0 aliphatic heterocycles. The fraction of sp³-hybridized carbons (Fsp3) is 0.571. The van der Waals surface area contributed by atoms with E-state index >= 15 is 0 Å². The van der Waals surface area contributed by atoms with E-state index < -0.39 is 5.97 Å². The molecule has 0 aromatic heterocycles. The molecule has 0 saturated carbocycles. The molecule has 0 bridgehead atoms. The zero-order valence-corrected chi connectivity index (χ0v) is 9.31. The van der Waals surface area contributed by atoms with Crippen molar-refractivity contribution in [2.45, 2.75) is 26.2 Å². The van der Waals surface area contributed by atoms with Crippen molar-refractivity contribution in [3.05, 3.63) is 13.8 Å². The second-order valence-corrected chi connectivity index (χ2v) is 1.60. The van der Waals surface area contributed by atoms with Crippen molar-refractivity contribution in [1.29, 1.82) is 0 Å². The average molecular weight is 219 g/mol. The molecule has 59 valence electrons. The van der Waals surface area contributed by atoms with Gasteiger partial charge in [0, 0.05) is 32.7 Å². The van der Waals surface area contributed by atoms with Crippen LogP contribution < -0.4 is 0 Å². The summed E-state index contributed by atoms with van der Waals surface area (Å²) in [5.74, 6) is -1.08. The smallest absolute Gasteiger partial charge is 0.161 e. The summed E-state index contributed by atoms with van der Waals surface area (Å²) < 4.78 is 0. The van der Waals surface area contributed by atoms with Crippen molar-refractivity contribution in [1.82, 2.24) is 0 Å². The number of carboxylic acid groups (broad SMARTS) is 1. The van der Waals surface area contributed by atoms with Gasteiger partial charge in [-0.1, -0.05) is 19.8 Å². The Hall–Kier alpha value is 0.444. The van der Waals surface area contributed by atoms with Crippen molar-refractivity contribution < 1.29 is 42.6 Å². The summed E-state index contributed by atoms with van der Waals surface area (Å²) in [7, 11) is 0. The van der Waals surface area contributed by atoms with E-state index in [0.29, 0.717) is 0 Å². The van der Waals surface area contributed by atoms with E-state index in [9.17, 15) is 0 Å². The minimum atomic E-state index is -1.08. The quantitative estimate of drug-likeness (QED) is 0.720. The first-order valence-corrected chi connectivity index (χ1v) is 2.99.